The van der Waals surface area contributed by atoms with Gasteiger partial charge < -0.3 is 15.5 Å². The van der Waals surface area contributed by atoms with Crippen molar-refractivity contribution >= 4 is 0 Å². The second-order valence-corrected chi connectivity index (χ2v) is 9.45. The maximum Gasteiger partial charge on any atom is 0.00960 e. The topological polar surface area (TPSA) is 27.3 Å². The average molecular weight is 350 g/mol. The Hall–Kier alpha value is -0.120. The summed E-state index contributed by atoms with van der Waals surface area (Å²) in [4.78, 5) is 2.63. The van der Waals surface area contributed by atoms with Gasteiger partial charge in [0.2, 0.25) is 0 Å². The molecule has 3 aliphatic rings. The molecule has 146 valence electrons. The molecule has 3 rings (SSSR count). The van der Waals surface area contributed by atoms with Gasteiger partial charge in [-0.2, -0.15) is 0 Å². The third-order valence-corrected chi connectivity index (χ3v) is 7.80. The smallest absolute Gasteiger partial charge is 0.00960 e. The molecule has 0 amide bonds. The Labute approximate surface area is 156 Å². The minimum absolute atomic E-state index is 0.771. The van der Waals surface area contributed by atoms with Gasteiger partial charge in [-0.1, -0.05) is 13.8 Å². The van der Waals surface area contributed by atoms with Crippen molar-refractivity contribution in [2.24, 2.45) is 23.7 Å². The summed E-state index contributed by atoms with van der Waals surface area (Å²) in [5.74, 6) is 3.62. The summed E-state index contributed by atoms with van der Waals surface area (Å²) in [5, 5.41) is 7.54. The molecule has 0 aromatic heterocycles. The second kappa shape index (κ2) is 9.71. The Morgan fingerprint density at radius 3 is 2.44 bits per heavy atom. The van der Waals surface area contributed by atoms with Crippen LogP contribution in [-0.2, 0) is 0 Å². The molecule has 0 aromatic carbocycles. The Balaban J connectivity index is 1.34. The van der Waals surface area contributed by atoms with Crippen molar-refractivity contribution in [3.63, 3.8) is 0 Å². The second-order valence-electron chi connectivity index (χ2n) is 9.45. The normalized spacial score (nSPS) is 39.2. The lowest BCUT2D eigenvalue weighted by atomic mass is 9.77. The van der Waals surface area contributed by atoms with Gasteiger partial charge in [-0.25, -0.2) is 0 Å². The molecule has 3 heteroatoms. The lowest BCUT2D eigenvalue weighted by molar-refractivity contribution is 0.121. The first-order valence-corrected chi connectivity index (χ1v) is 11.3. The van der Waals surface area contributed by atoms with Crippen molar-refractivity contribution in [2.75, 3.05) is 33.2 Å². The molecule has 0 radical (unpaired) electrons. The summed E-state index contributed by atoms with van der Waals surface area (Å²) in [6.45, 7) is 9.94. The van der Waals surface area contributed by atoms with E-state index in [0.29, 0.717) is 0 Å². The highest BCUT2D eigenvalue weighted by Crippen LogP contribution is 2.31. The van der Waals surface area contributed by atoms with Crippen molar-refractivity contribution in [1.29, 1.82) is 0 Å². The fraction of sp³-hybridized carbons (Fsp3) is 1.00. The first kappa shape index (κ1) is 19.6. The predicted molar refractivity (Wildman–Crippen MR) is 108 cm³/mol. The molecule has 0 bridgehead atoms. The van der Waals surface area contributed by atoms with E-state index < -0.39 is 0 Å². The maximum atomic E-state index is 3.94. The van der Waals surface area contributed by atoms with Crippen LogP contribution in [-0.4, -0.2) is 50.2 Å². The molecule has 6 atom stereocenters. The molecule has 0 saturated carbocycles. The molecule has 6 unspecified atom stereocenters. The van der Waals surface area contributed by atoms with Gasteiger partial charge in [0.05, 0.1) is 0 Å². The Kier molecular flexibility index (Phi) is 7.63. The molecule has 0 aromatic rings. The van der Waals surface area contributed by atoms with Crippen LogP contribution in [0.25, 0.3) is 0 Å². The minimum Gasteiger partial charge on any atom is -0.316 e. The summed E-state index contributed by atoms with van der Waals surface area (Å²) in [7, 11) is 2.34. The van der Waals surface area contributed by atoms with Gasteiger partial charge in [0.25, 0.3) is 0 Å². The zero-order valence-electron chi connectivity index (χ0n) is 17.1. The molecular weight excluding hydrogens is 306 g/mol. The number of hydrogen-bond acceptors (Lipinski definition) is 3. The number of likely N-dealkylation sites (tertiary alicyclic amines) is 1. The number of piperidine rings is 3. The van der Waals surface area contributed by atoms with Crippen LogP contribution in [0.15, 0.2) is 0 Å². The molecule has 3 heterocycles. The number of rotatable bonds is 6. The monoisotopic (exact) mass is 349 g/mol. The van der Waals surface area contributed by atoms with Crippen LogP contribution < -0.4 is 10.6 Å². The van der Waals surface area contributed by atoms with Crippen LogP contribution in [0.2, 0.25) is 0 Å². The molecule has 3 saturated heterocycles. The van der Waals surface area contributed by atoms with Gasteiger partial charge in [0.15, 0.2) is 0 Å². The SMILES string of the molecule is CCC1CCC(CCC2CCC(C(C)C3CCCNC3)NC2)CN1C. The van der Waals surface area contributed by atoms with Gasteiger partial charge in [-0.3, -0.25) is 0 Å². The van der Waals surface area contributed by atoms with E-state index >= 15 is 0 Å². The van der Waals surface area contributed by atoms with E-state index in [2.05, 4.69) is 36.4 Å². The molecule has 25 heavy (non-hydrogen) atoms. The van der Waals surface area contributed by atoms with Crippen molar-refractivity contribution in [1.82, 2.24) is 15.5 Å². The van der Waals surface area contributed by atoms with Crippen LogP contribution in [0.1, 0.15) is 71.6 Å². The van der Waals surface area contributed by atoms with E-state index in [4.69, 9.17) is 0 Å². The average Bonchev–Trinajstić information content (AvgIpc) is 2.67. The molecule has 3 fully saturated rings. The third kappa shape index (κ3) is 5.43. The molecular formula is C22H43N3. The van der Waals surface area contributed by atoms with E-state index in [1.165, 1.54) is 84.0 Å². The van der Waals surface area contributed by atoms with Crippen LogP contribution in [0.5, 0.6) is 0 Å². The lowest BCUT2D eigenvalue weighted by Crippen LogP contribution is -2.47. The molecule has 2 N–H and O–H groups in total. The largest absolute Gasteiger partial charge is 0.316 e. The first-order chi connectivity index (χ1) is 12.2. The first-order valence-electron chi connectivity index (χ1n) is 11.3. The van der Waals surface area contributed by atoms with E-state index in [1.54, 1.807) is 0 Å². The van der Waals surface area contributed by atoms with Gasteiger partial charge in [-0.05, 0) is 108 Å². The Morgan fingerprint density at radius 2 is 1.80 bits per heavy atom. The van der Waals surface area contributed by atoms with Crippen LogP contribution in [0.3, 0.4) is 0 Å². The van der Waals surface area contributed by atoms with E-state index in [-0.39, 0.29) is 0 Å². The van der Waals surface area contributed by atoms with E-state index in [1.807, 2.05) is 0 Å². The fourth-order valence-corrected chi connectivity index (χ4v) is 5.81. The van der Waals surface area contributed by atoms with Gasteiger partial charge in [0, 0.05) is 18.6 Å². The quantitative estimate of drug-likeness (QED) is 0.762. The number of nitrogens with one attached hydrogen (secondary N) is 2. The van der Waals surface area contributed by atoms with Crippen LogP contribution >= 0.6 is 0 Å². The molecule has 3 nitrogen and oxygen atoms in total. The zero-order chi connectivity index (χ0) is 17.6. The fourth-order valence-electron chi connectivity index (χ4n) is 5.81. The summed E-state index contributed by atoms with van der Waals surface area (Å²) < 4.78 is 0. The molecule has 0 spiro atoms. The summed E-state index contributed by atoms with van der Waals surface area (Å²) in [5.41, 5.74) is 0. The number of nitrogens with zero attached hydrogens (tertiary/aromatic N) is 1. The zero-order valence-corrected chi connectivity index (χ0v) is 17.1. The lowest BCUT2D eigenvalue weighted by Gasteiger charge is -2.40. The van der Waals surface area contributed by atoms with Crippen molar-refractivity contribution in [2.45, 2.75) is 83.7 Å². The van der Waals surface area contributed by atoms with E-state index in [9.17, 15) is 0 Å². The van der Waals surface area contributed by atoms with Crippen molar-refractivity contribution < 1.29 is 0 Å². The summed E-state index contributed by atoms with van der Waals surface area (Å²) in [6, 6.07) is 1.62. The summed E-state index contributed by atoms with van der Waals surface area (Å²) in [6.07, 6.45) is 12.8. The van der Waals surface area contributed by atoms with Gasteiger partial charge >= 0.3 is 0 Å². The molecule has 0 aliphatic carbocycles. The van der Waals surface area contributed by atoms with E-state index in [0.717, 1.165) is 35.8 Å². The minimum atomic E-state index is 0.771. The predicted octanol–water partition coefficient (Wildman–Crippen LogP) is 3.89. The standard InChI is InChI=1S/C22H43N3/c1-4-21-11-9-19(16-25(21)3)8-7-18-10-12-22(24-14-18)17(2)20-6-5-13-23-15-20/h17-24H,4-16H2,1-3H3. The highest BCUT2D eigenvalue weighted by Gasteiger charge is 2.31. The van der Waals surface area contributed by atoms with Crippen molar-refractivity contribution in [3.05, 3.63) is 0 Å². The van der Waals surface area contributed by atoms with Crippen LogP contribution in [0.4, 0.5) is 0 Å². The third-order valence-electron chi connectivity index (χ3n) is 7.80. The van der Waals surface area contributed by atoms with Gasteiger partial charge in [0.1, 0.15) is 0 Å². The van der Waals surface area contributed by atoms with Crippen molar-refractivity contribution in [3.8, 4) is 0 Å². The highest BCUT2D eigenvalue weighted by atomic mass is 15.1. The highest BCUT2D eigenvalue weighted by molar-refractivity contribution is 4.87. The Bertz CT molecular complexity index is 371. The molecule has 3 aliphatic heterocycles. The van der Waals surface area contributed by atoms with Gasteiger partial charge in [-0.15, -0.1) is 0 Å². The Morgan fingerprint density at radius 1 is 1.00 bits per heavy atom. The maximum absolute atomic E-state index is 3.94. The number of hydrogen-bond donors (Lipinski definition) is 2. The van der Waals surface area contributed by atoms with Crippen LogP contribution in [0, 0.1) is 23.7 Å². The summed E-state index contributed by atoms with van der Waals surface area (Å²) >= 11 is 0.